The van der Waals surface area contributed by atoms with E-state index in [1.54, 1.807) is 0 Å². The molecular weight excluding hydrogens is 450 g/mol. The molecular formula is Br4Zn2. The van der Waals surface area contributed by atoms with Gasteiger partial charge in [-0.05, 0) is 0 Å². The standard InChI is InChI=1S/4BrH.2Zn/h4*1H;;/q;;;;2*+2/p-4. The van der Waals surface area contributed by atoms with Crippen molar-refractivity contribution in [2.24, 2.45) is 0 Å². The van der Waals surface area contributed by atoms with Crippen LogP contribution in [0.5, 0.6) is 0 Å². The van der Waals surface area contributed by atoms with E-state index in [9.17, 15) is 0 Å². The summed E-state index contributed by atoms with van der Waals surface area (Å²) in [6.07, 6.45) is 0. The molecule has 0 bridgehead atoms. The zero-order valence-corrected chi connectivity index (χ0v) is 15.2. The maximum absolute atomic E-state index is 3.25. The molecule has 0 N–H and O–H groups in total. The van der Waals surface area contributed by atoms with E-state index in [2.05, 4.69) is 54.5 Å². The average Bonchev–Trinajstić information content (AvgIpc) is 1.39. The van der Waals surface area contributed by atoms with E-state index in [1.165, 1.54) is 0 Å². The normalized spacial score (nSPS) is 3.33. The molecule has 32 valence electrons. The molecule has 0 saturated carbocycles. The summed E-state index contributed by atoms with van der Waals surface area (Å²) in [6.45, 7) is 0. The molecule has 0 fully saturated rings. The molecule has 0 radical (unpaired) electrons. The first-order valence-corrected chi connectivity index (χ1v) is 28.9. The monoisotopic (exact) mass is 444 g/mol. The van der Waals surface area contributed by atoms with Crippen molar-refractivity contribution in [3.8, 4) is 0 Å². The first kappa shape index (κ1) is 11.9. The van der Waals surface area contributed by atoms with Gasteiger partial charge in [0.25, 0.3) is 0 Å². The molecule has 0 saturated heterocycles. The van der Waals surface area contributed by atoms with E-state index < -0.39 is 0 Å². The maximum atomic E-state index is 3.25. The Kier molecular flexibility index (Phi) is 31.2. The van der Waals surface area contributed by atoms with Gasteiger partial charge in [0.1, 0.15) is 0 Å². The first-order chi connectivity index (χ1) is 2.83. The summed E-state index contributed by atoms with van der Waals surface area (Å²) < 4.78 is 0. The summed E-state index contributed by atoms with van der Waals surface area (Å²) in [4.78, 5) is 0. The van der Waals surface area contributed by atoms with Crippen molar-refractivity contribution in [3.05, 3.63) is 0 Å². The van der Waals surface area contributed by atoms with Gasteiger partial charge in [-0.3, -0.25) is 0 Å². The molecule has 0 aromatic heterocycles. The molecule has 0 rings (SSSR count). The molecule has 0 aromatic rings. The van der Waals surface area contributed by atoms with Gasteiger partial charge < -0.3 is 0 Å². The van der Waals surface area contributed by atoms with Crippen LogP contribution in [0.1, 0.15) is 0 Å². The third-order valence-electron chi connectivity index (χ3n) is 0. The third kappa shape index (κ3) is 27.2. The molecule has 6 heteroatoms. The van der Waals surface area contributed by atoms with Gasteiger partial charge >= 0.3 is 80.9 Å². The van der Waals surface area contributed by atoms with Crippen LogP contribution in [0.3, 0.4) is 0 Å². The van der Waals surface area contributed by atoms with Crippen LogP contribution in [0.15, 0.2) is 0 Å². The van der Waals surface area contributed by atoms with Gasteiger partial charge in [0.05, 0.1) is 0 Å². The van der Waals surface area contributed by atoms with Crippen molar-refractivity contribution in [1.82, 2.24) is 0 Å². The van der Waals surface area contributed by atoms with Gasteiger partial charge in [-0.25, -0.2) is 0 Å². The van der Waals surface area contributed by atoms with Crippen LogP contribution in [0.2, 0.25) is 0 Å². The number of hydrogen-bond donors (Lipinski definition) is 0. The second-order valence-corrected chi connectivity index (χ2v) is 28.3. The van der Waals surface area contributed by atoms with E-state index in [1.807, 2.05) is 0 Å². The Morgan fingerprint density at radius 3 is 0.667 bits per heavy atom. The third-order valence-corrected chi connectivity index (χ3v) is 0. The van der Waals surface area contributed by atoms with Crippen molar-refractivity contribution < 1.29 is 26.4 Å². The van der Waals surface area contributed by atoms with E-state index in [4.69, 9.17) is 0 Å². The van der Waals surface area contributed by atoms with Crippen molar-refractivity contribution in [2.45, 2.75) is 0 Å². The quantitative estimate of drug-likeness (QED) is 0.497. The van der Waals surface area contributed by atoms with Crippen molar-refractivity contribution in [1.29, 1.82) is 0 Å². The van der Waals surface area contributed by atoms with Gasteiger partial charge in [0, 0.05) is 0 Å². The molecule has 0 spiro atoms. The Hall–Kier alpha value is 3.17. The second kappa shape index (κ2) is 15.7. The van der Waals surface area contributed by atoms with Crippen LogP contribution in [0, 0.1) is 0 Å². The summed E-state index contributed by atoms with van der Waals surface area (Å²) in [7, 11) is 0. The predicted molar refractivity (Wildman–Crippen MR) is 35.7 cm³/mol. The fourth-order valence-electron chi connectivity index (χ4n) is 0. The van der Waals surface area contributed by atoms with E-state index >= 15 is 0 Å². The van der Waals surface area contributed by atoms with Crippen LogP contribution in [0.25, 0.3) is 0 Å². The van der Waals surface area contributed by atoms with E-state index in [0.29, 0.717) is 0 Å². The van der Waals surface area contributed by atoms with Gasteiger partial charge in [-0.1, -0.05) is 0 Å². The SMILES string of the molecule is [Br][Zn][Br].[Br][Zn][Br]. The Morgan fingerprint density at radius 2 is 0.667 bits per heavy atom. The minimum atomic E-state index is -0.250. The van der Waals surface area contributed by atoms with Crippen molar-refractivity contribution >= 4 is 54.5 Å². The Morgan fingerprint density at radius 1 is 0.667 bits per heavy atom. The van der Waals surface area contributed by atoms with E-state index in [-0.39, 0.29) is 26.4 Å². The fourth-order valence-corrected chi connectivity index (χ4v) is 0. The molecule has 6 heavy (non-hydrogen) atoms. The topological polar surface area (TPSA) is 0 Å². The van der Waals surface area contributed by atoms with Crippen molar-refractivity contribution in [2.75, 3.05) is 0 Å². The molecule has 0 unspecified atom stereocenters. The zero-order chi connectivity index (χ0) is 5.41. The Bertz CT molecular complexity index is 7.51. The molecule has 0 amide bonds. The zero-order valence-electron chi connectivity index (χ0n) is 2.93. The predicted octanol–water partition coefficient (Wildman–Crippen LogP) is 3.38. The van der Waals surface area contributed by atoms with Crippen LogP contribution in [-0.4, -0.2) is 0 Å². The fraction of sp³-hybridized carbons (Fsp3) is 0. The summed E-state index contributed by atoms with van der Waals surface area (Å²) >= 11 is 12.5. The summed E-state index contributed by atoms with van der Waals surface area (Å²) in [6, 6.07) is 0. The van der Waals surface area contributed by atoms with Gasteiger partial charge in [0.2, 0.25) is 0 Å². The number of hydrogen-bond acceptors (Lipinski definition) is 0. The molecule has 0 nitrogen and oxygen atoms in total. The first-order valence-electron chi connectivity index (χ1n) is 1.07. The minimum absolute atomic E-state index is 0.250. The van der Waals surface area contributed by atoms with Crippen LogP contribution in [-0.2, 0) is 26.4 Å². The van der Waals surface area contributed by atoms with Crippen LogP contribution < -0.4 is 0 Å². The molecule has 0 heterocycles. The Labute approximate surface area is 79.2 Å². The van der Waals surface area contributed by atoms with Gasteiger partial charge in [-0.15, -0.1) is 0 Å². The second-order valence-electron chi connectivity index (χ2n) is 0.202. The Balaban J connectivity index is 0. The van der Waals surface area contributed by atoms with Gasteiger partial charge in [-0.2, -0.15) is 0 Å². The summed E-state index contributed by atoms with van der Waals surface area (Å²) in [5, 5.41) is 0. The average molecular weight is 450 g/mol. The molecule has 0 aliphatic heterocycles. The molecule has 0 aliphatic carbocycles. The molecule has 0 aliphatic rings. The van der Waals surface area contributed by atoms with Crippen LogP contribution >= 0.6 is 54.5 Å². The molecule has 0 aromatic carbocycles. The summed E-state index contributed by atoms with van der Waals surface area (Å²) in [5.74, 6) is 0. The number of halogens is 4. The van der Waals surface area contributed by atoms with Gasteiger partial charge in [0.15, 0.2) is 0 Å². The van der Waals surface area contributed by atoms with E-state index in [0.717, 1.165) is 0 Å². The van der Waals surface area contributed by atoms with Crippen molar-refractivity contribution in [3.63, 3.8) is 0 Å². The molecule has 0 atom stereocenters. The van der Waals surface area contributed by atoms with Crippen LogP contribution in [0.4, 0.5) is 0 Å². The number of rotatable bonds is 0. The summed E-state index contributed by atoms with van der Waals surface area (Å²) in [5.41, 5.74) is 0.